The van der Waals surface area contributed by atoms with E-state index in [4.69, 9.17) is 4.84 Å². The zero-order valence-electron chi connectivity index (χ0n) is 6.64. The van der Waals surface area contributed by atoms with Crippen LogP contribution >= 0.6 is 0 Å². The topological polar surface area (TPSA) is 21.3 Å². The standard InChI is InChI=1S/C8H13NO/c1-6(2)8-4-5-10-9-7(8)3/h4-6,9H,1-3H3. The van der Waals surface area contributed by atoms with Gasteiger partial charge in [-0.15, -0.1) is 0 Å². The molecule has 2 heteroatoms. The van der Waals surface area contributed by atoms with Crippen LogP contribution in [0.25, 0.3) is 0 Å². The van der Waals surface area contributed by atoms with Crippen molar-refractivity contribution >= 4 is 0 Å². The number of nitrogens with one attached hydrogen (secondary N) is 1. The predicted molar refractivity (Wildman–Crippen MR) is 40.9 cm³/mol. The van der Waals surface area contributed by atoms with Crippen LogP contribution in [0.5, 0.6) is 0 Å². The van der Waals surface area contributed by atoms with E-state index in [1.807, 2.05) is 13.0 Å². The van der Waals surface area contributed by atoms with E-state index in [9.17, 15) is 0 Å². The number of rotatable bonds is 1. The van der Waals surface area contributed by atoms with Crippen molar-refractivity contribution in [2.75, 3.05) is 0 Å². The van der Waals surface area contributed by atoms with Gasteiger partial charge in [0.05, 0.1) is 0 Å². The molecule has 10 heavy (non-hydrogen) atoms. The molecule has 0 saturated heterocycles. The third kappa shape index (κ3) is 1.32. The summed E-state index contributed by atoms with van der Waals surface area (Å²) >= 11 is 0. The van der Waals surface area contributed by atoms with Crippen molar-refractivity contribution in [1.29, 1.82) is 0 Å². The lowest BCUT2D eigenvalue weighted by Gasteiger charge is -2.16. The van der Waals surface area contributed by atoms with Crippen LogP contribution in [0.3, 0.4) is 0 Å². The van der Waals surface area contributed by atoms with Gasteiger partial charge in [0.2, 0.25) is 0 Å². The fourth-order valence-electron chi connectivity index (χ4n) is 1.04. The Morgan fingerprint density at radius 2 is 2.20 bits per heavy atom. The first kappa shape index (κ1) is 7.19. The summed E-state index contributed by atoms with van der Waals surface area (Å²) in [5.41, 5.74) is 5.23. The zero-order chi connectivity index (χ0) is 7.56. The molecule has 0 aromatic heterocycles. The Hall–Kier alpha value is -0.920. The summed E-state index contributed by atoms with van der Waals surface area (Å²) in [6.07, 6.45) is 3.67. The molecule has 0 radical (unpaired) electrons. The van der Waals surface area contributed by atoms with Crippen LogP contribution in [0, 0.1) is 5.92 Å². The normalized spacial score (nSPS) is 17.2. The molecule has 1 aliphatic rings. The summed E-state index contributed by atoms with van der Waals surface area (Å²) in [6, 6.07) is 0. The Balaban J connectivity index is 2.79. The van der Waals surface area contributed by atoms with E-state index in [-0.39, 0.29) is 0 Å². The third-order valence-corrected chi connectivity index (χ3v) is 1.58. The third-order valence-electron chi connectivity index (χ3n) is 1.58. The SMILES string of the molecule is CC1=C(C(C)C)C=CON1. The molecular formula is C8H13NO. The highest BCUT2D eigenvalue weighted by molar-refractivity contribution is 5.25. The zero-order valence-corrected chi connectivity index (χ0v) is 6.64. The average molecular weight is 139 g/mol. The van der Waals surface area contributed by atoms with Gasteiger partial charge in [0, 0.05) is 5.70 Å². The Labute approximate surface area is 61.5 Å². The van der Waals surface area contributed by atoms with Crippen molar-refractivity contribution in [3.63, 3.8) is 0 Å². The molecule has 0 atom stereocenters. The van der Waals surface area contributed by atoms with E-state index in [2.05, 4.69) is 19.3 Å². The van der Waals surface area contributed by atoms with Crippen LogP contribution in [0.15, 0.2) is 23.6 Å². The van der Waals surface area contributed by atoms with Crippen LogP contribution in [-0.2, 0) is 4.84 Å². The minimum Gasteiger partial charge on any atom is -0.390 e. The van der Waals surface area contributed by atoms with Crippen LogP contribution < -0.4 is 5.48 Å². The van der Waals surface area contributed by atoms with Gasteiger partial charge in [-0.05, 0) is 24.5 Å². The van der Waals surface area contributed by atoms with Gasteiger partial charge in [-0.1, -0.05) is 13.8 Å². The summed E-state index contributed by atoms with van der Waals surface area (Å²) < 4.78 is 0. The molecule has 0 unspecified atom stereocenters. The molecule has 1 heterocycles. The van der Waals surface area contributed by atoms with Crippen molar-refractivity contribution < 1.29 is 4.84 Å². The first-order valence-corrected chi connectivity index (χ1v) is 3.51. The number of hydroxylamine groups is 1. The Bertz CT molecular complexity index is 180. The second-order valence-corrected chi connectivity index (χ2v) is 2.76. The quantitative estimate of drug-likeness (QED) is 0.599. The fraction of sp³-hybridized carbons (Fsp3) is 0.500. The van der Waals surface area contributed by atoms with Crippen LogP contribution in [0.2, 0.25) is 0 Å². The van der Waals surface area contributed by atoms with Crippen LogP contribution in [0.1, 0.15) is 20.8 Å². The highest BCUT2D eigenvalue weighted by Crippen LogP contribution is 2.16. The first-order valence-electron chi connectivity index (χ1n) is 3.51. The molecule has 0 aromatic rings. The lowest BCUT2D eigenvalue weighted by molar-refractivity contribution is 0.157. The van der Waals surface area contributed by atoms with E-state index in [0.29, 0.717) is 5.92 Å². The van der Waals surface area contributed by atoms with E-state index in [1.54, 1.807) is 6.26 Å². The highest BCUT2D eigenvalue weighted by atomic mass is 16.6. The smallest absolute Gasteiger partial charge is 0.119 e. The number of allylic oxidation sites excluding steroid dienone is 3. The van der Waals surface area contributed by atoms with E-state index >= 15 is 0 Å². The lowest BCUT2D eigenvalue weighted by atomic mass is 10.0. The molecule has 0 amide bonds. The Morgan fingerprint density at radius 1 is 1.50 bits per heavy atom. The summed E-state index contributed by atoms with van der Waals surface area (Å²) in [6.45, 7) is 6.34. The van der Waals surface area contributed by atoms with Crippen molar-refractivity contribution in [3.8, 4) is 0 Å². The number of hydrogen-bond acceptors (Lipinski definition) is 2. The number of hydrogen-bond donors (Lipinski definition) is 1. The maximum Gasteiger partial charge on any atom is 0.119 e. The lowest BCUT2D eigenvalue weighted by Crippen LogP contribution is -2.15. The minimum atomic E-state index is 0.563. The summed E-state index contributed by atoms with van der Waals surface area (Å²) in [5, 5.41) is 0. The van der Waals surface area contributed by atoms with Gasteiger partial charge in [0.25, 0.3) is 0 Å². The van der Waals surface area contributed by atoms with Crippen molar-refractivity contribution in [3.05, 3.63) is 23.6 Å². The molecule has 1 N–H and O–H groups in total. The molecule has 0 fully saturated rings. The van der Waals surface area contributed by atoms with E-state index in [0.717, 1.165) is 5.70 Å². The van der Waals surface area contributed by atoms with E-state index < -0.39 is 0 Å². The molecule has 0 saturated carbocycles. The van der Waals surface area contributed by atoms with Gasteiger partial charge < -0.3 is 4.84 Å². The first-order chi connectivity index (χ1) is 4.72. The molecule has 0 aliphatic carbocycles. The average Bonchev–Trinajstić information content (AvgIpc) is 1.88. The van der Waals surface area contributed by atoms with Gasteiger partial charge in [-0.2, -0.15) is 0 Å². The maximum absolute atomic E-state index is 4.87. The largest absolute Gasteiger partial charge is 0.390 e. The molecule has 1 aliphatic heterocycles. The second kappa shape index (κ2) is 2.78. The molecule has 1 rings (SSSR count). The summed E-state index contributed by atoms with van der Waals surface area (Å²) in [5.74, 6) is 0.563. The maximum atomic E-state index is 4.87. The monoisotopic (exact) mass is 139 g/mol. The van der Waals surface area contributed by atoms with E-state index in [1.165, 1.54) is 5.57 Å². The van der Waals surface area contributed by atoms with Gasteiger partial charge in [-0.25, -0.2) is 5.48 Å². The summed E-state index contributed by atoms with van der Waals surface area (Å²) in [7, 11) is 0. The van der Waals surface area contributed by atoms with Crippen molar-refractivity contribution in [1.82, 2.24) is 5.48 Å². The second-order valence-electron chi connectivity index (χ2n) is 2.76. The van der Waals surface area contributed by atoms with Crippen molar-refractivity contribution in [2.45, 2.75) is 20.8 Å². The molecule has 2 nitrogen and oxygen atoms in total. The molecule has 0 aromatic carbocycles. The molecule has 56 valence electrons. The minimum absolute atomic E-state index is 0.563. The van der Waals surface area contributed by atoms with Gasteiger partial charge in [-0.3, -0.25) is 0 Å². The van der Waals surface area contributed by atoms with Gasteiger partial charge >= 0.3 is 0 Å². The predicted octanol–water partition coefficient (Wildman–Crippen LogP) is 1.96. The Morgan fingerprint density at radius 3 is 2.60 bits per heavy atom. The van der Waals surface area contributed by atoms with Gasteiger partial charge in [0.15, 0.2) is 0 Å². The summed E-state index contributed by atoms with van der Waals surface area (Å²) in [4.78, 5) is 4.87. The Kier molecular flexibility index (Phi) is 2.00. The molecule has 0 bridgehead atoms. The van der Waals surface area contributed by atoms with Crippen molar-refractivity contribution in [2.24, 2.45) is 5.92 Å². The molecular weight excluding hydrogens is 126 g/mol. The van der Waals surface area contributed by atoms with Gasteiger partial charge in [0.1, 0.15) is 6.26 Å². The fourth-order valence-corrected chi connectivity index (χ4v) is 1.04. The highest BCUT2D eigenvalue weighted by Gasteiger charge is 2.06. The van der Waals surface area contributed by atoms with Crippen LogP contribution in [0.4, 0.5) is 0 Å². The van der Waals surface area contributed by atoms with Crippen LogP contribution in [-0.4, -0.2) is 0 Å². The molecule has 0 spiro atoms.